The molecule has 0 radical (unpaired) electrons. The number of pyridine rings is 1. The van der Waals surface area contributed by atoms with E-state index in [2.05, 4.69) is 16.8 Å². The van der Waals surface area contributed by atoms with E-state index in [1.54, 1.807) is 7.11 Å². The van der Waals surface area contributed by atoms with Gasteiger partial charge in [0.25, 0.3) is 5.91 Å². The van der Waals surface area contributed by atoms with Gasteiger partial charge in [-0.2, -0.15) is 0 Å². The van der Waals surface area contributed by atoms with Crippen molar-refractivity contribution in [2.75, 3.05) is 7.11 Å². The van der Waals surface area contributed by atoms with Gasteiger partial charge in [-0.05, 0) is 62.4 Å². The van der Waals surface area contributed by atoms with E-state index in [0.29, 0.717) is 18.2 Å². The number of rotatable bonds is 2. The molecule has 2 atom stereocenters. The van der Waals surface area contributed by atoms with E-state index in [4.69, 9.17) is 4.74 Å². The van der Waals surface area contributed by atoms with Gasteiger partial charge >= 0.3 is 0 Å². The fraction of sp³-hybridized carbons (Fsp3) is 0.474. The van der Waals surface area contributed by atoms with Gasteiger partial charge in [0.1, 0.15) is 0 Å². The summed E-state index contributed by atoms with van der Waals surface area (Å²) < 4.78 is 5.53. The van der Waals surface area contributed by atoms with Crippen LogP contribution in [0.2, 0.25) is 0 Å². The van der Waals surface area contributed by atoms with E-state index in [1.165, 1.54) is 0 Å². The third-order valence-corrected chi connectivity index (χ3v) is 5.46. The number of methoxy groups -OCH3 is 1. The first-order valence-corrected chi connectivity index (χ1v) is 8.38. The minimum Gasteiger partial charge on any atom is -0.381 e. The molecule has 2 saturated heterocycles. The SMILES string of the molecule is COC1CC2CCC(C1)N2C(=O)c1ccc2nccc(C)c2c1. The Bertz CT molecular complexity index is 744. The van der Waals surface area contributed by atoms with Crippen molar-refractivity contribution < 1.29 is 9.53 Å². The number of carbonyl (C=O) groups excluding carboxylic acids is 1. The van der Waals surface area contributed by atoms with Crippen molar-refractivity contribution >= 4 is 16.8 Å². The van der Waals surface area contributed by atoms with Crippen LogP contribution in [0, 0.1) is 6.92 Å². The van der Waals surface area contributed by atoms with Crippen molar-refractivity contribution in [3.63, 3.8) is 0 Å². The Morgan fingerprint density at radius 3 is 2.65 bits per heavy atom. The molecule has 4 heteroatoms. The van der Waals surface area contributed by atoms with Crippen molar-refractivity contribution in [1.82, 2.24) is 9.88 Å². The number of fused-ring (bicyclic) bond motifs is 3. The molecule has 23 heavy (non-hydrogen) atoms. The number of piperidine rings is 1. The highest BCUT2D eigenvalue weighted by Crippen LogP contribution is 2.37. The molecule has 0 N–H and O–H groups in total. The van der Waals surface area contributed by atoms with E-state index < -0.39 is 0 Å². The van der Waals surface area contributed by atoms with Crippen molar-refractivity contribution in [3.8, 4) is 0 Å². The molecule has 0 spiro atoms. The van der Waals surface area contributed by atoms with Gasteiger partial charge in [0.2, 0.25) is 0 Å². The summed E-state index contributed by atoms with van der Waals surface area (Å²) in [5.74, 6) is 0.164. The zero-order chi connectivity index (χ0) is 16.0. The van der Waals surface area contributed by atoms with Crippen LogP contribution in [0.15, 0.2) is 30.5 Å². The summed E-state index contributed by atoms with van der Waals surface area (Å²) >= 11 is 0. The standard InChI is InChI=1S/C19H22N2O2/c1-12-7-8-20-18-6-3-13(9-17(12)18)19(22)21-14-4-5-15(21)11-16(10-14)23-2/h3,6-9,14-16H,4-5,10-11H2,1-2H3. The second-order valence-electron chi connectivity index (χ2n) is 6.79. The molecule has 2 fully saturated rings. The lowest BCUT2D eigenvalue weighted by Crippen LogP contribution is -2.48. The van der Waals surface area contributed by atoms with Gasteiger partial charge in [-0.15, -0.1) is 0 Å². The smallest absolute Gasteiger partial charge is 0.254 e. The van der Waals surface area contributed by atoms with Crippen molar-refractivity contribution in [2.45, 2.75) is 50.8 Å². The van der Waals surface area contributed by atoms with Crippen LogP contribution in [0.4, 0.5) is 0 Å². The summed E-state index contributed by atoms with van der Waals surface area (Å²) in [6, 6.07) is 8.53. The van der Waals surface area contributed by atoms with Gasteiger partial charge in [0.05, 0.1) is 11.6 Å². The monoisotopic (exact) mass is 310 g/mol. The Labute approximate surface area is 136 Å². The van der Waals surface area contributed by atoms with Crippen LogP contribution in [0.1, 0.15) is 41.6 Å². The van der Waals surface area contributed by atoms with Gasteiger partial charge in [-0.3, -0.25) is 9.78 Å². The third-order valence-electron chi connectivity index (χ3n) is 5.46. The van der Waals surface area contributed by atoms with Crippen LogP contribution < -0.4 is 0 Å². The summed E-state index contributed by atoms with van der Waals surface area (Å²) in [5, 5.41) is 1.07. The molecule has 4 rings (SSSR count). The van der Waals surface area contributed by atoms with Gasteiger partial charge in [0, 0.05) is 36.3 Å². The highest BCUT2D eigenvalue weighted by molar-refractivity contribution is 5.99. The Kier molecular flexibility index (Phi) is 3.57. The first kappa shape index (κ1) is 14.6. The summed E-state index contributed by atoms with van der Waals surface area (Å²) in [6.07, 6.45) is 6.25. The van der Waals surface area contributed by atoms with Gasteiger partial charge in [-0.1, -0.05) is 0 Å². The number of nitrogens with zero attached hydrogens (tertiary/aromatic N) is 2. The molecule has 120 valence electrons. The van der Waals surface area contributed by atoms with E-state index in [-0.39, 0.29) is 5.91 Å². The molecule has 2 aliphatic heterocycles. The van der Waals surface area contributed by atoms with Crippen LogP contribution in [0.5, 0.6) is 0 Å². The van der Waals surface area contributed by atoms with Crippen molar-refractivity contribution in [3.05, 3.63) is 41.6 Å². The molecule has 4 nitrogen and oxygen atoms in total. The van der Waals surface area contributed by atoms with Gasteiger partial charge in [0.15, 0.2) is 0 Å². The Morgan fingerprint density at radius 1 is 1.22 bits per heavy atom. The predicted octanol–water partition coefficient (Wildman–Crippen LogP) is 3.33. The zero-order valence-electron chi connectivity index (χ0n) is 13.7. The highest BCUT2D eigenvalue weighted by atomic mass is 16.5. The quantitative estimate of drug-likeness (QED) is 0.854. The largest absolute Gasteiger partial charge is 0.381 e. The maximum atomic E-state index is 13.1. The van der Waals surface area contributed by atoms with E-state index in [1.807, 2.05) is 30.5 Å². The second kappa shape index (κ2) is 5.60. The lowest BCUT2D eigenvalue weighted by atomic mass is 9.98. The Hall–Kier alpha value is -1.94. The molecule has 2 aliphatic rings. The lowest BCUT2D eigenvalue weighted by Gasteiger charge is -2.38. The fourth-order valence-electron chi connectivity index (χ4n) is 4.22. The van der Waals surface area contributed by atoms with E-state index >= 15 is 0 Å². The Morgan fingerprint density at radius 2 is 1.96 bits per heavy atom. The van der Waals surface area contributed by atoms with E-state index in [0.717, 1.165) is 47.7 Å². The predicted molar refractivity (Wildman–Crippen MR) is 89.5 cm³/mol. The number of aromatic nitrogens is 1. The van der Waals surface area contributed by atoms with Crippen LogP contribution in [-0.2, 0) is 4.74 Å². The van der Waals surface area contributed by atoms with Gasteiger partial charge in [-0.25, -0.2) is 0 Å². The molecular formula is C19H22N2O2. The molecule has 1 aromatic heterocycles. The molecular weight excluding hydrogens is 288 g/mol. The minimum absolute atomic E-state index is 0.164. The molecule has 2 unspecified atom stereocenters. The molecule has 1 aromatic carbocycles. The van der Waals surface area contributed by atoms with Crippen molar-refractivity contribution in [1.29, 1.82) is 0 Å². The van der Waals surface area contributed by atoms with Crippen molar-refractivity contribution in [2.24, 2.45) is 0 Å². The number of hydrogen-bond acceptors (Lipinski definition) is 3. The van der Waals surface area contributed by atoms with E-state index in [9.17, 15) is 4.79 Å². The normalized spacial score (nSPS) is 26.7. The maximum Gasteiger partial charge on any atom is 0.254 e. The number of carbonyl (C=O) groups is 1. The van der Waals surface area contributed by atoms with Crippen LogP contribution >= 0.6 is 0 Å². The number of benzene rings is 1. The molecule has 3 heterocycles. The summed E-state index contributed by atoms with van der Waals surface area (Å²) in [6.45, 7) is 2.06. The number of amides is 1. The lowest BCUT2D eigenvalue weighted by molar-refractivity contribution is 0.00823. The average molecular weight is 310 g/mol. The molecule has 0 saturated carbocycles. The molecule has 2 bridgehead atoms. The topological polar surface area (TPSA) is 42.4 Å². The maximum absolute atomic E-state index is 13.1. The van der Waals surface area contributed by atoms with Gasteiger partial charge < -0.3 is 9.64 Å². The first-order valence-electron chi connectivity index (χ1n) is 8.38. The molecule has 0 aliphatic carbocycles. The first-order chi connectivity index (χ1) is 11.2. The summed E-state index contributed by atoms with van der Waals surface area (Å²) in [7, 11) is 1.78. The molecule has 1 amide bonds. The molecule has 2 aromatic rings. The zero-order valence-corrected chi connectivity index (χ0v) is 13.7. The van der Waals surface area contributed by atoms with Crippen LogP contribution in [0.3, 0.4) is 0 Å². The third kappa shape index (κ3) is 2.41. The van der Waals surface area contributed by atoms with Crippen LogP contribution in [0.25, 0.3) is 10.9 Å². The highest BCUT2D eigenvalue weighted by Gasteiger charge is 2.43. The number of ether oxygens (including phenoxy) is 1. The number of aryl methyl sites for hydroxylation is 1. The van der Waals surface area contributed by atoms with Crippen LogP contribution in [-0.4, -0.2) is 41.1 Å². The fourth-order valence-corrected chi connectivity index (χ4v) is 4.22. The Balaban J connectivity index is 1.66. The second-order valence-corrected chi connectivity index (χ2v) is 6.79. The summed E-state index contributed by atoms with van der Waals surface area (Å²) in [4.78, 5) is 19.6. The minimum atomic E-state index is 0.164. The summed E-state index contributed by atoms with van der Waals surface area (Å²) in [5.41, 5.74) is 2.88. The average Bonchev–Trinajstić information content (AvgIpc) is 2.84. The number of hydrogen-bond donors (Lipinski definition) is 0.